The Bertz CT molecular complexity index is 770. The zero-order valence-corrected chi connectivity index (χ0v) is 15.5. The van der Waals surface area contributed by atoms with Gasteiger partial charge in [0.2, 0.25) is 5.91 Å². The van der Waals surface area contributed by atoms with Crippen LogP contribution < -0.4 is 19.5 Å². The Balaban J connectivity index is 2.01. The minimum absolute atomic E-state index is 0.00277. The Morgan fingerprint density at radius 2 is 1.54 bits per heavy atom. The van der Waals surface area contributed by atoms with Crippen molar-refractivity contribution in [3.63, 3.8) is 0 Å². The Morgan fingerprint density at radius 1 is 0.923 bits per heavy atom. The van der Waals surface area contributed by atoms with Crippen LogP contribution in [0.1, 0.15) is 44.2 Å². The highest BCUT2D eigenvalue weighted by Crippen LogP contribution is 2.43. The van der Waals surface area contributed by atoms with Crippen LogP contribution in [0.5, 0.6) is 17.2 Å². The molecule has 1 heterocycles. The fraction of sp³-hybridized carbons (Fsp3) is 0.381. The molecule has 138 valence electrons. The van der Waals surface area contributed by atoms with Gasteiger partial charge in [-0.2, -0.15) is 0 Å². The highest BCUT2D eigenvalue weighted by atomic mass is 16.5. The Morgan fingerprint density at radius 3 is 2.15 bits per heavy atom. The number of fused-ring (bicyclic) bond motifs is 1. The van der Waals surface area contributed by atoms with E-state index >= 15 is 0 Å². The molecule has 2 aromatic carbocycles. The minimum Gasteiger partial charge on any atom is -0.494 e. The van der Waals surface area contributed by atoms with Crippen LogP contribution in [-0.4, -0.2) is 25.7 Å². The summed E-state index contributed by atoms with van der Waals surface area (Å²) in [4.78, 5) is 12.3. The summed E-state index contributed by atoms with van der Waals surface area (Å²) in [7, 11) is 0. The SMILES string of the molecule is CCOc1ccc(C2CC(=O)Nc3cc(OCC)c(OCC)cc32)cc1. The Hall–Kier alpha value is -2.69. The van der Waals surface area contributed by atoms with Crippen LogP contribution in [0.4, 0.5) is 5.69 Å². The van der Waals surface area contributed by atoms with E-state index in [0.717, 1.165) is 22.6 Å². The fourth-order valence-electron chi connectivity index (χ4n) is 3.27. The molecule has 0 fully saturated rings. The first-order valence-corrected chi connectivity index (χ1v) is 9.12. The van der Waals surface area contributed by atoms with Gasteiger partial charge in [0.05, 0.1) is 19.8 Å². The standard InChI is InChI=1S/C21H25NO4/c1-4-24-15-9-7-14(8-10-15)16-12-21(23)22-18-13-20(26-6-3)19(25-5-2)11-17(16)18/h7-11,13,16H,4-6,12H2,1-3H3,(H,22,23). The molecular formula is C21H25NO4. The molecule has 0 saturated carbocycles. The third-order valence-electron chi connectivity index (χ3n) is 4.35. The third kappa shape index (κ3) is 3.77. The van der Waals surface area contributed by atoms with Crippen molar-refractivity contribution in [3.05, 3.63) is 47.5 Å². The number of anilines is 1. The maximum Gasteiger partial charge on any atom is 0.225 e. The molecule has 26 heavy (non-hydrogen) atoms. The average molecular weight is 355 g/mol. The smallest absolute Gasteiger partial charge is 0.225 e. The summed E-state index contributed by atoms with van der Waals surface area (Å²) < 4.78 is 17.0. The predicted molar refractivity (Wildman–Crippen MR) is 101 cm³/mol. The number of carbonyl (C=O) groups is 1. The van der Waals surface area contributed by atoms with Gasteiger partial charge in [0.25, 0.3) is 0 Å². The molecule has 0 aliphatic carbocycles. The van der Waals surface area contributed by atoms with Crippen molar-refractivity contribution in [2.24, 2.45) is 0 Å². The number of nitrogens with one attached hydrogen (secondary N) is 1. The van der Waals surface area contributed by atoms with Crippen molar-refractivity contribution in [1.29, 1.82) is 0 Å². The molecular weight excluding hydrogens is 330 g/mol. The summed E-state index contributed by atoms with van der Waals surface area (Å²) in [6.45, 7) is 7.55. The van der Waals surface area contributed by atoms with Gasteiger partial charge in [0, 0.05) is 24.1 Å². The van der Waals surface area contributed by atoms with Crippen LogP contribution in [-0.2, 0) is 4.79 Å². The van der Waals surface area contributed by atoms with E-state index in [1.807, 2.05) is 57.2 Å². The molecule has 0 spiro atoms. The molecule has 1 atom stereocenters. The molecule has 0 bridgehead atoms. The highest BCUT2D eigenvalue weighted by molar-refractivity contribution is 5.96. The number of benzene rings is 2. The molecule has 1 aliphatic rings. The molecule has 1 unspecified atom stereocenters. The zero-order chi connectivity index (χ0) is 18.5. The third-order valence-corrected chi connectivity index (χ3v) is 4.35. The van der Waals surface area contributed by atoms with Gasteiger partial charge < -0.3 is 19.5 Å². The van der Waals surface area contributed by atoms with Gasteiger partial charge in [-0.05, 0) is 50.1 Å². The van der Waals surface area contributed by atoms with E-state index in [0.29, 0.717) is 37.7 Å². The topological polar surface area (TPSA) is 56.8 Å². The van der Waals surface area contributed by atoms with Gasteiger partial charge in [-0.15, -0.1) is 0 Å². The van der Waals surface area contributed by atoms with Crippen LogP contribution in [0.3, 0.4) is 0 Å². The summed E-state index contributed by atoms with van der Waals surface area (Å²) in [5.41, 5.74) is 2.91. The van der Waals surface area contributed by atoms with Crippen LogP contribution in [0, 0.1) is 0 Å². The Kier molecular flexibility index (Phi) is 5.66. The van der Waals surface area contributed by atoms with Crippen molar-refractivity contribution in [1.82, 2.24) is 0 Å². The quantitative estimate of drug-likeness (QED) is 0.802. The van der Waals surface area contributed by atoms with E-state index in [-0.39, 0.29) is 11.8 Å². The van der Waals surface area contributed by atoms with Gasteiger partial charge in [-0.3, -0.25) is 4.79 Å². The van der Waals surface area contributed by atoms with Crippen molar-refractivity contribution in [2.75, 3.05) is 25.1 Å². The summed E-state index contributed by atoms with van der Waals surface area (Å²) in [5.74, 6) is 2.17. The molecule has 1 amide bonds. The second kappa shape index (κ2) is 8.13. The van der Waals surface area contributed by atoms with E-state index in [1.165, 1.54) is 0 Å². The summed E-state index contributed by atoms with van der Waals surface area (Å²) in [6.07, 6.45) is 0.403. The average Bonchev–Trinajstić information content (AvgIpc) is 2.63. The van der Waals surface area contributed by atoms with Crippen LogP contribution in [0.15, 0.2) is 36.4 Å². The number of hydrogen-bond acceptors (Lipinski definition) is 4. The van der Waals surface area contributed by atoms with Crippen molar-refractivity contribution < 1.29 is 19.0 Å². The van der Waals surface area contributed by atoms with Crippen LogP contribution >= 0.6 is 0 Å². The maximum atomic E-state index is 12.3. The molecule has 0 radical (unpaired) electrons. The lowest BCUT2D eigenvalue weighted by atomic mass is 9.84. The molecule has 1 aliphatic heterocycles. The van der Waals surface area contributed by atoms with Crippen molar-refractivity contribution in [2.45, 2.75) is 33.1 Å². The first kappa shape index (κ1) is 18.1. The lowest BCUT2D eigenvalue weighted by molar-refractivity contribution is -0.116. The van der Waals surface area contributed by atoms with Gasteiger partial charge in [-0.25, -0.2) is 0 Å². The molecule has 0 saturated heterocycles. The fourth-order valence-corrected chi connectivity index (χ4v) is 3.27. The summed E-state index contributed by atoms with van der Waals surface area (Å²) in [6, 6.07) is 11.8. The van der Waals surface area contributed by atoms with Gasteiger partial charge in [0.1, 0.15) is 5.75 Å². The van der Waals surface area contributed by atoms with E-state index in [4.69, 9.17) is 14.2 Å². The van der Waals surface area contributed by atoms with Crippen LogP contribution in [0.25, 0.3) is 0 Å². The number of amides is 1. The molecule has 2 aromatic rings. The number of ether oxygens (including phenoxy) is 3. The van der Waals surface area contributed by atoms with E-state index in [1.54, 1.807) is 0 Å². The maximum absolute atomic E-state index is 12.3. The normalized spacial score (nSPS) is 15.8. The molecule has 0 aromatic heterocycles. The zero-order valence-electron chi connectivity index (χ0n) is 15.5. The lowest BCUT2D eigenvalue weighted by Gasteiger charge is -2.27. The van der Waals surface area contributed by atoms with Crippen LogP contribution in [0.2, 0.25) is 0 Å². The lowest BCUT2D eigenvalue weighted by Crippen LogP contribution is -2.23. The number of carbonyl (C=O) groups excluding carboxylic acids is 1. The number of rotatable bonds is 7. The van der Waals surface area contributed by atoms with Gasteiger partial charge in [0.15, 0.2) is 11.5 Å². The number of hydrogen-bond donors (Lipinski definition) is 1. The minimum atomic E-state index is -0.0238. The van der Waals surface area contributed by atoms with Gasteiger partial charge >= 0.3 is 0 Å². The summed E-state index contributed by atoms with van der Waals surface area (Å²) >= 11 is 0. The first-order chi connectivity index (χ1) is 12.7. The predicted octanol–water partition coefficient (Wildman–Crippen LogP) is 4.36. The monoisotopic (exact) mass is 355 g/mol. The van der Waals surface area contributed by atoms with E-state index < -0.39 is 0 Å². The second-order valence-corrected chi connectivity index (χ2v) is 6.06. The van der Waals surface area contributed by atoms with E-state index in [9.17, 15) is 4.79 Å². The van der Waals surface area contributed by atoms with Crippen molar-refractivity contribution >= 4 is 11.6 Å². The highest BCUT2D eigenvalue weighted by Gasteiger charge is 2.28. The largest absolute Gasteiger partial charge is 0.494 e. The molecule has 1 N–H and O–H groups in total. The molecule has 5 nitrogen and oxygen atoms in total. The molecule has 5 heteroatoms. The summed E-state index contributed by atoms with van der Waals surface area (Å²) in [5, 5.41) is 2.96. The van der Waals surface area contributed by atoms with E-state index in [2.05, 4.69) is 5.32 Å². The van der Waals surface area contributed by atoms with Crippen molar-refractivity contribution in [3.8, 4) is 17.2 Å². The first-order valence-electron chi connectivity index (χ1n) is 9.12. The van der Waals surface area contributed by atoms with Gasteiger partial charge in [-0.1, -0.05) is 12.1 Å². The molecule has 3 rings (SSSR count). The second-order valence-electron chi connectivity index (χ2n) is 6.06. The Labute approximate surface area is 154 Å².